The number of urea groups is 1. The second-order valence-corrected chi connectivity index (χ2v) is 6.35. The van der Waals surface area contributed by atoms with E-state index < -0.39 is 5.97 Å². The largest absolute Gasteiger partial charge is 0.465 e. The summed E-state index contributed by atoms with van der Waals surface area (Å²) in [6.45, 7) is 2.28. The van der Waals surface area contributed by atoms with Gasteiger partial charge in [0.2, 0.25) is 0 Å². The van der Waals surface area contributed by atoms with Crippen LogP contribution in [0.3, 0.4) is 0 Å². The molecule has 1 aromatic carbocycles. The fourth-order valence-electron chi connectivity index (χ4n) is 3.36. The lowest BCUT2D eigenvalue weighted by molar-refractivity contribution is 0.0418. The second-order valence-electron chi connectivity index (χ2n) is 6.35. The van der Waals surface area contributed by atoms with Crippen molar-refractivity contribution in [2.24, 2.45) is 0 Å². The molecule has 8 heteroatoms. The number of nitrogens with zero attached hydrogens (tertiary/aromatic N) is 2. The monoisotopic (exact) mass is 361 g/mol. The Labute approximate surface area is 152 Å². The molecule has 0 saturated carbocycles. The van der Waals surface area contributed by atoms with Crippen LogP contribution in [0.5, 0.6) is 0 Å². The number of cyclic esters (lactones) is 1. The summed E-state index contributed by atoms with van der Waals surface area (Å²) in [6, 6.07) is 6.58. The van der Waals surface area contributed by atoms with E-state index in [0.29, 0.717) is 50.3 Å². The summed E-state index contributed by atoms with van der Waals surface area (Å²) in [7, 11) is 1.30. The number of esters is 1. The van der Waals surface area contributed by atoms with Crippen molar-refractivity contribution < 1.29 is 23.9 Å². The van der Waals surface area contributed by atoms with Crippen LogP contribution in [0.25, 0.3) is 0 Å². The van der Waals surface area contributed by atoms with Gasteiger partial charge in [0.25, 0.3) is 0 Å². The van der Waals surface area contributed by atoms with Gasteiger partial charge >= 0.3 is 18.1 Å². The summed E-state index contributed by atoms with van der Waals surface area (Å²) in [4.78, 5) is 39.7. The third-order valence-corrected chi connectivity index (χ3v) is 4.77. The smallest absolute Gasteiger partial charge is 0.410 e. The van der Waals surface area contributed by atoms with Crippen LogP contribution in [0.15, 0.2) is 24.3 Å². The Balaban J connectivity index is 1.58. The molecule has 0 unspecified atom stereocenters. The predicted octanol–water partition coefficient (Wildman–Crippen LogP) is 2.31. The number of para-hydroxylation sites is 1. The molecule has 0 aromatic heterocycles. The molecule has 0 bridgehead atoms. The first-order chi connectivity index (χ1) is 12.6. The summed E-state index contributed by atoms with van der Waals surface area (Å²) in [5.41, 5.74) is 0.736. The van der Waals surface area contributed by atoms with Crippen LogP contribution in [0.4, 0.5) is 15.3 Å². The van der Waals surface area contributed by atoms with Crippen LogP contribution in [-0.4, -0.2) is 67.3 Å². The van der Waals surface area contributed by atoms with Gasteiger partial charge in [0.05, 0.1) is 25.0 Å². The molecule has 1 aromatic rings. The van der Waals surface area contributed by atoms with Gasteiger partial charge in [-0.2, -0.15) is 0 Å². The van der Waals surface area contributed by atoms with Crippen molar-refractivity contribution >= 4 is 23.8 Å². The average Bonchev–Trinajstić information content (AvgIpc) is 2.68. The number of nitrogens with one attached hydrogen (secondary N) is 1. The van der Waals surface area contributed by atoms with E-state index >= 15 is 0 Å². The zero-order valence-electron chi connectivity index (χ0n) is 14.8. The number of amides is 3. The summed E-state index contributed by atoms with van der Waals surface area (Å²) < 4.78 is 9.84. The summed E-state index contributed by atoms with van der Waals surface area (Å²) in [5, 5.41) is 2.78. The first kappa shape index (κ1) is 18.0. The van der Waals surface area contributed by atoms with Gasteiger partial charge in [-0.1, -0.05) is 12.1 Å². The number of methoxy groups -OCH3 is 1. The molecular formula is C18H23N3O5. The number of rotatable bonds is 3. The van der Waals surface area contributed by atoms with Crippen molar-refractivity contribution in [3.05, 3.63) is 29.8 Å². The molecule has 0 aliphatic carbocycles. The number of anilines is 1. The van der Waals surface area contributed by atoms with E-state index in [4.69, 9.17) is 9.47 Å². The van der Waals surface area contributed by atoms with Gasteiger partial charge < -0.3 is 24.6 Å². The molecule has 3 amide bonds. The van der Waals surface area contributed by atoms with Crippen molar-refractivity contribution in [3.63, 3.8) is 0 Å². The van der Waals surface area contributed by atoms with Crippen LogP contribution in [0.2, 0.25) is 0 Å². The third-order valence-electron chi connectivity index (χ3n) is 4.77. The molecule has 140 valence electrons. The van der Waals surface area contributed by atoms with E-state index in [2.05, 4.69) is 5.32 Å². The average molecular weight is 361 g/mol. The maximum atomic E-state index is 12.5. The topological polar surface area (TPSA) is 88.2 Å². The molecule has 8 nitrogen and oxygen atoms in total. The summed E-state index contributed by atoms with van der Waals surface area (Å²) >= 11 is 0. The van der Waals surface area contributed by atoms with Gasteiger partial charge in [-0.25, -0.2) is 14.4 Å². The summed E-state index contributed by atoms with van der Waals surface area (Å²) in [6.07, 6.45) is 2.00. The minimum atomic E-state index is -0.497. The fourth-order valence-corrected chi connectivity index (χ4v) is 3.36. The van der Waals surface area contributed by atoms with Gasteiger partial charge in [-0.3, -0.25) is 0 Å². The molecule has 2 saturated heterocycles. The molecule has 0 atom stereocenters. The van der Waals surface area contributed by atoms with E-state index in [0.717, 1.165) is 6.42 Å². The molecule has 26 heavy (non-hydrogen) atoms. The van der Waals surface area contributed by atoms with Crippen molar-refractivity contribution in [2.45, 2.75) is 25.3 Å². The molecule has 0 radical (unpaired) electrons. The molecular weight excluding hydrogens is 338 g/mol. The number of hydrogen-bond donors (Lipinski definition) is 1. The van der Waals surface area contributed by atoms with Crippen LogP contribution in [0.1, 0.15) is 29.6 Å². The first-order valence-corrected chi connectivity index (χ1v) is 8.77. The van der Waals surface area contributed by atoms with Gasteiger partial charge in [0.15, 0.2) is 0 Å². The number of hydrogen-bond acceptors (Lipinski definition) is 5. The second kappa shape index (κ2) is 8.07. The number of carbonyl (C=O) groups excluding carboxylic acids is 3. The third kappa shape index (κ3) is 3.89. The summed E-state index contributed by atoms with van der Waals surface area (Å²) in [5.74, 6) is -0.497. The molecule has 0 spiro atoms. The zero-order valence-corrected chi connectivity index (χ0v) is 14.8. The lowest BCUT2D eigenvalue weighted by atomic mass is 10.0. The highest BCUT2D eigenvalue weighted by Gasteiger charge is 2.32. The number of ether oxygens (including phenoxy) is 2. The lowest BCUT2D eigenvalue weighted by Crippen LogP contribution is -2.51. The van der Waals surface area contributed by atoms with E-state index in [9.17, 15) is 14.4 Å². The predicted molar refractivity (Wildman–Crippen MR) is 94.1 cm³/mol. The highest BCUT2D eigenvalue weighted by molar-refractivity contribution is 6.00. The van der Waals surface area contributed by atoms with Crippen molar-refractivity contribution in [1.29, 1.82) is 0 Å². The molecule has 1 N–H and O–H groups in total. The maximum Gasteiger partial charge on any atom is 0.410 e. The Morgan fingerprint density at radius 2 is 1.92 bits per heavy atom. The SMILES string of the molecule is COC(=O)c1ccccc1NC(=O)N1CCC(N2CCCOC2=O)CC1. The molecule has 2 aliphatic rings. The Kier molecular flexibility index (Phi) is 5.60. The Morgan fingerprint density at radius 1 is 1.19 bits per heavy atom. The normalized spacial score (nSPS) is 18.3. The van der Waals surface area contributed by atoms with Crippen molar-refractivity contribution in [1.82, 2.24) is 9.80 Å². The van der Waals surface area contributed by atoms with Crippen LogP contribution in [0, 0.1) is 0 Å². The van der Waals surface area contributed by atoms with E-state index in [1.54, 1.807) is 34.1 Å². The fraction of sp³-hybridized carbons (Fsp3) is 0.500. The maximum absolute atomic E-state index is 12.5. The molecule has 3 rings (SSSR count). The number of benzene rings is 1. The first-order valence-electron chi connectivity index (χ1n) is 8.77. The number of piperidine rings is 1. The Hall–Kier alpha value is -2.77. The van der Waals surface area contributed by atoms with E-state index in [1.165, 1.54) is 7.11 Å². The number of likely N-dealkylation sites (tertiary alicyclic amines) is 1. The van der Waals surface area contributed by atoms with Gasteiger partial charge in [0, 0.05) is 25.7 Å². The highest BCUT2D eigenvalue weighted by atomic mass is 16.6. The molecule has 2 aliphatic heterocycles. The van der Waals surface area contributed by atoms with Crippen LogP contribution >= 0.6 is 0 Å². The molecule has 2 fully saturated rings. The minimum absolute atomic E-state index is 0.106. The zero-order chi connectivity index (χ0) is 18.5. The van der Waals surface area contributed by atoms with E-state index in [-0.39, 0.29) is 18.2 Å². The molecule has 2 heterocycles. The van der Waals surface area contributed by atoms with Gasteiger partial charge in [0.1, 0.15) is 0 Å². The Morgan fingerprint density at radius 3 is 2.62 bits per heavy atom. The van der Waals surface area contributed by atoms with Crippen molar-refractivity contribution in [2.75, 3.05) is 38.7 Å². The minimum Gasteiger partial charge on any atom is -0.465 e. The van der Waals surface area contributed by atoms with Crippen LogP contribution < -0.4 is 5.32 Å². The van der Waals surface area contributed by atoms with Crippen molar-refractivity contribution in [3.8, 4) is 0 Å². The van der Waals surface area contributed by atoms with Gasteiger partial charge in [-0.15, -0.1) is 0 Å². The van der Waals surface area contributed by atoms with Gasteiger partial charge in [-0.05, 0) is 31.4 Å². The lowest BCUT2D eigenvalue weighted by Gasteiger charge is -2.39. The standard InChI is InChI=1S/C18H23N3O5/c1-25-16(22)14-5-2-3-6-15(14)19-17(23)20-10-7-13(8-11-20)21-9-4-12-26-18(21)24/h2-3,5-6,13H,4,7-12H2,1H3,(H,19,23). The Bertz CT molecular complexity index is 685. The quantitative estimate of drug-likeness (QED) is 0.835. The van der Waals surface area contributed by atoms with Crippen LogP contribution in [-0.2, 0) is 9.47 Å². The number of carbonyl (C=O) groups is 3. The van der Waals surface area contributed by atoms with E-state index in [1.807, 2.05) is 0 Å². The highest BCUT2D eigenvalue weighted by Crippen LogP contribution is 2.22.